The van der Waals surface area contributed by atoms with E-state index >= 15 is 0 Å². The molecule has 2 aromatic heterocycles. The smallest absolute Gasteiger partial charge is 0.185 e. The van der Waals surface area contributed by atoms with Crippen LogP contribution < -0.4 is 22.9 Å². The lowest BCUT2D eigenvalue weighted by molar-refractivity contribution is 0.434. The number of aromatic nitrogens is 2. The maximum absolute atomic E-state index is 5.69. The topological polar surface area (TPSA) is 181 Å². The summed E-state index contributed by atoms with van der Waals surface area (Å²) in [7, 11) is 0. The van der Waals surface area contributed by atoms with Crippen LogP contribution in [-0.2, 0) is 12.8 Å². The maximum atomic E-state index is 5.69. The molecule has 0 aliphatic carbocycles. The van der Waals surface area contributed by atoms with E-state index in [4.69, 9.17) is 32.0 Å². The van der Waals surface area contributed by atoms with Gasteiger partial charge in [0.2, 0.25) is 0 Å². The Labute approximate surface area is 231 Å². The molecule has 0 aliphatic rings. The number of hydrogen-bond acceptors (Lipinski definition) is 6. The molecule has 0 amide bonds. The summed E-state index contributed by atoms with van der Waals surface area (Å²) in [4.78, 5) is 8.10. The van der Waals surface area contributed by atoms with Gasteiger partial charge in [-0.25, -0.2) is 0 Å². The van der Waals surface area contributed by atoms with E-state index in [0.717, 1.165) is 57.6 Å². The van der Waals surface area contributed by atoms with Crippen LogP contribution in [0.4, 0.5) is 0 Å². The molecular weight excluding hydrogens is 504 g/mol. The fourth-order valence-electron chi connectivity index (χ4n) is 4.32. The minimum atomic E-state index is 0.0882. The number of rotatable bonds is 10. The first kappa shape index (κ1) is 26.2. The van der Waals surface area contributed by atoms with E-state index in [-0.39, 0.29) is 11.9 Å². The third-order valence-corrected chi connectivity index (χ3v) is 6.29. The Morgan fingerprint density at radius 2 is 0.975 bits per heavy atom. The average Bonchev–Trinajstić information content (AvgIpc) is 3.64. The second kappa shape index (κ2) is 12.0. The van der Waals surface area contributed by atoms with Crippen LogP contribution in [0, 0.1) is 0 Å². The molecule has 0 fully saturated rings. The van der Waals surface area contributed by atoms with Gasteiger partial charge in [0.25, 0.3) is 0 Å². The Morgan fingerprint density at radius 3 is 1.43 bits per heavy atom. The highest BCUT2D eigenvalue weighted by Gasteiger charge is 2.13. The molecule has 0 radical (unpaired) electrons. The molecule has 0 saturated heterocycles. The van der Waals surface area contributed by atoms with Crippen molar-refractivity contribution in [1.82, 2.24) is 10.3 Å². The maximum Gasteiger partial charge on any atom is 0.185 e. The summed E-state index contributed by atoms with van der Waals surface area (Å²) in [6.07, 6.45) is 1.44. The van der Waals surface area contributed by atoms with Gasteiger partial charge in [-0.05, 0) is 42.2 Å². The van der Waals surface area contributed by atoms with Crippen LogP contribution in [0.15, 0.2) is 104 Å². The van der Waals surface area contributed by atoms with Gasteiger partial charge in [-0.15, -0.1) is 0 Å². The minimum Gasteiger partial charge on any atom is -0.370 e. The third kappa shape index (κ3) is 6.54. The zero-order valence-corrected chi connectivity index (χ0v) is 21.8. The molecule has 40 heavy (non-hydrogen) atoms. The lowest BCUT2D eigenvalue weighted by Gasteiger charge is -2.02. The third-order valence-electron chi connectivity index (χ3n) is 6.29. The number of aliphatic imine (C=N–C) groups is 2. The molecule has 0 atom stereocenters. The first-order valence-electron chi connectivity index (χ1n) is 12.8. The molecule has 2 heterocycles. The van der Waals surface area contributed by atoms with E-state index in [0.29, 0.717) is 24.6 Å². The van der Waals surface area contributed by atoms with Gasteiger partial charge in [0, 0.05) is 47.5 Å². The van der Waals surface area contributed by atoms with E-state index in [1.165, 1.54) is 0 Å². The second-order valence-electron chi connectivity index (χ2n) is 9.25. The molecular formula is C30H30N8O2. The summed E-state index contributed by atoms with van der Waals surface area (Å²) in [5.74, 6) is 1.52. The lowest BCUT2D eigenvalue weighted by atomic mass is 10.0. The molecule has 0 saturated carbocycles. The van der Waals surface area contributed by atoms with Crippen molar-refractivity contribution in [3.8, 4) is 45.2 Å². The Balaban J connectivity index is 1.32. The van der Waals surface area contributed by atoms with Gasteiger partial charge in [-0.3, -0.25) is 9.98 Å². The highest BCUT2D eigenvalue weighted by atomic mass is 16.5. The predicted octanol–water partition coefficient (Wildman–Crippen LogP) is 3.96. The Hall–Kier alpha value is -5.38. The van der Waals surface area contributed by atoms with Gasteiger partial charge in [-0.1, -0.05) is 64.9 Å². The second-order valence-corrected chi connectivity index (χ2v) is 9.25. The van der Waals surface area contributed by atoms with Crippen LogP contribution >= 0.6 is 0 Å². The molecule has 0 spiro atoms. The Bertz CT molecular complexity index is 1540. The Morgan fingerprint density at radius 1 is 0.550 bits per heavy atom. The first-order chi connectivity index (χ1) is 19.4. The quantitative estimate of drug-likeness (QED) is 0.153. The number of hydrogen-bond donors (Lipinski definition) is 4. The molecule has 5 rings (SSSR count). The van der Waals surface area contributed by atoms with Gasteiger partial charge in [0.15, 0.2) is 23.4 Å². The molecule has 10 heteroatoms. The van der Waals surface area contributed by atoms with Crippen molar-refractivity contribution in [3.05, 3.63) is 96.1 Å². The number of nitrogens with zero attached hydrogens (tertiary/aromatic N) is 4. The number of guanidine groups is 2. The van der Waals surface area contributed by atoms with Crippen molar-refractivity contribution >= 4 is 11.9 Å². The standard InChI is InChI=1S/C30H30N8O2/c31-29(32)35-12-10-19-4-1-8-23(14-19)27-17-25(37-39-27)21-6-3-7-22(16-21)26-18-28(40-38-26)24-9-2-5-20(15-24)11-13-36-30(33)34/h1-9,14-18H,10-13H2,(H4,31,32,35)(H4,33,34,36). The molecule has 0 aliphatic heterocycles. The van der Waals surface area contributed by atoms with Crippen LogP contribution in [0.2, 0.25) is 0 Å². The fraction of sp³-hybridized carbons (Fsp3) is 0.133. The minimum absolute atomic E-state index is 0.0882. The van der Waals surface area contributed by atoms with Gasteiger partial charge >= 0.3 is 0 Å². The van der Waals surface area contributed by atoms with E-state index in [1.807, 2.05) is 72.8 Å². The highest BCUT2D eigenvalue weighted by molar-refractivity contribution is 5.76. The van der Waals surface area contributed by atoms with Crippen molar-refractivity contribution in [3.63, 3.8) is 0 Å². The van der Waals surface area contributed by atoms with Gasteiger partial charge < -0.3 is 32.0 Å². The summed E-state index contributed by atoms with van der Waals surface area (Å²) in [6.45, 7) is 1.05. The molecule has 3 aromatic carbocycles. The average molecular weight is 535 g/mol. The molecule has 5 aromatic rings. The van der Waals surface area contributed by atoms with E-state index < -0.39 is 0 Å². The molecule has 202 valence electrons. The van der Waals surface area contributed by atoms with Crippen molar-refractivity contribution in [2.45, 2.75) is 12.8 Å². The molecule has 10 nitrogen and oxygen atoms in total. The zero-order valence-electron chi connectivity index (χ0n) is 21.8. The van der Waals surface area contributed by atoms with Gasteiger partial charge in [0.1, 0.15) is 11.4 Å². The van der Waals surface area contributed by atoms with Crippen LogP contribution in [0.3, 0.4) is 0 Å². The predicted molar refractivity (Wildman–Crippen MR) is 157 cm³/mol. The fourth-order valence-corrected chi connectivity index (χ4v) is 4.32. The number of benzene rings is 3. The van der Waals surface area contributed by atoms with E-state index in [1.54, 1.807) is 0 Å². The summed E-state index contributed by atoms with van der Waals surface area (Å²) in [6, 6.07) is 27.9. The Kier molecular flexibility index (Phi) is 7.87. The van der Waals surface area contributed by atoms with Crippen molar-refractivity contribution in [1.29, 1.82) is 0 Å². The summed E-state index contributed by atoms with van der Waals surface area (Å²) in [5.41, 5.74) is 29.0. The lowest BCUT2D eigenvalue weighted by Crippen LogP contribution is -2.23. The van der Waals surface area contributed by atoms with Crippen molar-refractivity contribution < 1.29 is 9.05 Å². The van der Waals surface area contributed by atoms with Crippen molar-refractivity contribution in [2.75, 3.05) is 13.1 Å². The van der Waals surface area contributed by atoms with Crippen molar-refractivity contribution in [2.24, 2.45) is 32.9 Å². The molecule has 8 N–H and O–H groups in total. The zero-order chi connectivity index (χ0) is 27.9. The van der Waals surface area contributed by atoms with E-state index in [9.17, 15) is 0 Å². The SMILES string of the molecule is NC(N)=NCCc1cccc(-c2cc(-c3cccc(-c4cc(-c5cccc(CCN=C(N)N)c5)on4)c3)no2)c1. The molecule has 0 bridgehead atoms. The summed E-state index contributed by atoms with van der Waals surface area (Å²) >= 11 is 0. The van der Waals surface area contributed by atoms with Crippen LogP contribution in [0.25, 0.3) is 45.2 Å². The van der Waals surface area contributed by atoms with Gasteiger partial charge in [-0.2, -0.15) is 0 Å². The van der Waals surface area contributed by atoms with Crippen LogP contribution in [-0.4, -0.2) is 35.3 Å². The highest BCUT2D eigenvalue weighted by Crippen LogP contribution is 2.31. The summed E-state index contributed by atoms with van der Waals surface area (Å²) in [5, 5.41) is 8.62. The van der Waals surface area contributed by atoms with Crippen LogP contribution in [0.5, 0.6) is 0 Å². The normalized spacial score (nSPS) is 10.8. The number of nitrogens with two attached hydrogens (primary N) is 4. The largest absolute Gasteiger partial charge is 0.370 e. The first-order valence-corrected chi connectivity index (χ1v) is 12.8. The molecule has 0 unspecified atom stereocenters. The summed E-state index contributed by atoms with van der Waals surface area (Å²) < 4.78 is 11.4. The van der Waals surface area contributed by atoms with E-state index in [2.05, 4.69) is 32.4 Å². The van der Waals surface area contributed by atoms with Gasteiger partial charge in [0.05, 0.1) is 0 Å². The van der Waals surface area contributed by atoms with Crippen LogP contribution in [0.1, 0.15) is 11.1 Å². The monoisotopic (exact) mass is 534 g/mol.